The SMILES string of the molecule is CCOC(=O)c1ccc(NC(=O)COc2ccc(/C=N/NC(N)=S)cc2OCC)cc1. The van der Waals surface area contributed by atoms with Crippen LogP contribution in [0.3, 0.4) is 0 Å². The molecule has 0 aliphatic heterocycles. The lowest BCUT2D eigenvalue weighted by Crippen LogP contribution is -2.24. The molecule has 0 radical (unpaired) electrons. The molecule has 0 aliphatic rings. The van der Waals surface area contributed by atoms with Crippen LogP contribution in [0, 0.1) is 0 Å². The Morgan fingerprint density at radius 3 is 2.45 bits per heavy atom. The molecular formula is C21H24N4O5S. The second-order valence-electron chi connectivity index (χ2n) is 6.01. The molecule has 0 atom stereocenters. The van der Waals surface area contributed by atoms with Crippen molar-refractivity contribution in [3.8, 4) is 11.5 Å². The first kappa shape index (κ1) is 23.6. The summed E-state index contributed by atoms with van der Waals surface area (Å²) >= 11 is 4.68. The topological polar surface area (TPSA) is 124 Å². The molecule has 10 heteroatoms. The van der Waals surface area contributed by atoms with Crippen molar-refractivity contribution in [1.29, 1.82) is 0 Å². The van der Waals surface area contributed by atoms with E-state index < -0.39 is 5.97 Å². The van der Waals surface area contributed by atoms with Crippen molar-refractivity contribution in [3.63, 3.8) is 0 Å². The summed E-state index contributed by atoms with van der Waals surface area (Å²) in [4.78, 5) is 23.9. The zero-order valence-corrected chi connectivity index (χ0v) is 18.0. The molecule has 4 N–H and O–H groups in total. The Kier molecular flexibility index (Phi) is 9.24. The molecule has 0 saturated carbocycles. The Balaban J connectivity index is 1.96. The lowest BCUT2D eigenvalue weighted by molar-refractivity contribution is -0.118. The summed E-state index contributed by atoms with van der Waals surface area (Å²) in [6, 6.07) is 11.5. The minimum Gasteiger partial charge on any atom is -0.490 e. The van der Waals surface area contributed by atoms with Crippen LogP contribution in [0.2, 0.25) is 0 Å². The van der Waals surface area contributed by atoms with Gasteiger partial charge in [0.2, 0.25) is 0 Å². The van der Waals surface area contributed by atoms with Gasteiger partial charge in [-0.3, -0.25) is 10.2 Å². The number of amides is 1. The lowest BCUT2D eigenvalue weighted by atomic mass is 10.2. The fourth-order valence-corrected chi connectivity index (χ4v) is 2.46. The molecule has 0 saturated heterocycles. The predicted molar refractivity (Wildman–Crippen MR) is 122 cm³/mol. The van der Waals surface area contributed by atoms with Crippen molar-refractivity contribution in [2.24, 2.45) is 10.8 Å². The normalized spacial score (nSPS) is 10.4. The fraction of sp³-hybridized carbons (Fsp3) is 0.238. The third-order valence-electron chi connectivity index (χ3n) is 3.69. The number of hydrogen-bond acceptors (Lipinski definition) is 7. The molecule has 0 bridgehead atoms. The average Bonchev–Trinajstić information content (AvgIpc) is 2.74. The first-order chi connectivity index (χ1) is 14.9. The highest BCUT2D eigenvalue weighted by molar-refractivity contribution is 7.80. The molecule has 31 heavy (non-hydrogen) atoms. The van der Waals surface area contributed by atoms with E-state index in [2.05, 4.69) is 28.1 Å². The van der Waals surface area contributed by atoms with E-state index in [1.54, 1.807) is 49.4 Å². The number of benzene rings is 2. The Hall–Kier alpha value is -3.66. The number of ether oxygens (including phenoxy) is 3. The minimum atomic E-state index is -0.415. The van der Waals surface area contributed by atoms with Gasteiger partial charge in [0, 0.05) is 5.69 Å². The highest BCUT2D eigenvalue weighted by Gasteiger charge is 2.10. The Bertz CT molecular complexity index is 947. The van der Waals surface area contributed by atoms with E-state index >= 15 is 0 Å². The van der Waals surface area contributed by atoms with Crippen molar-refractivity contribution in [1.82, 2.24) is 5.43 Å². The van der Waals surface area contributed by atoms with Gasteiger partial charge in [0.05, 0.1) is 25.0 Å². The second kappa shape index (κ2) is 12.1. The van der Waals surface area contributed by atoms with Crippen molar-refractivity contribution >= 4 is 41.1 Å². The molecular weight excluding hydrogens is 420 g/mol. The van der Waals surface area contributed by atoms with Crippen LogP contribution in [0.15, 0.2) is 47.6 Å². The summed E-state index contributed by atoms with van der Waals surface area (Å²) in [6.07, 6.45) is 1.53. The van der Waals surface area contributed by atoms with E-state index in [0.29, 0.717) is 36.0 Å². The van der Waals surface area contributed by atoms with Gasteiger partial charge in [0.15, 0.2) is 23.2 Å². The van der Waals surface area contributed by atoms with Crippen LogP contribution < -0.4 is 25.9 Å². The standard InChI is InChI=1S/C21H24N4O5S/c1-3-28-18-11-14(12-23-25-21(22)31)5-10-17(18)30-13-19(26)24-16-8-6-15(7-9-16)20(27)29-4-2/h5-12H,3-4,13H2,1-2H3,(H,24,26)(H3,22,25,31)/b23-12+. The van der Waals surface area contributed by atoms with Crippen LogP contribution in [-0.4, -0.2) is 43.0 Å². The first-order valence-electron chi connectivity index (χ1n) is 9.48. The Morgan fingerprint density at radius 2 is 1.81 bits per heavy atom. The third kappa shape index (κ3) is 7.94. The van der Waals surface area contributed by atoms with Crippen molar-refractivity contribution in [3.05, 3.63) is 53.6 Å². The Labute approximate surface area is 185 Å². The number of nitrogens with one attached hydrogen (secondary N) is 2. The van der Waals surface area contributed by atoms with E-state index in [1.165, 1.54) is 6.21 Å². The van der Waals surface area contributed by atoms with Crippen molar-refractivity contribution in [2.75, 3.05) is 25.1 Å². The van der Waals surface area contributed by atoms with Crippen molar-refractivity contribution < 1.29 is 23.8 Å². The summed E-state index contributed by atoms with van der Waals surface area (Å²) in [6.45, 7) is 4.06. The molecule has 0 aliphatic carbocycles. The first-order valence-corrected chi connectivity index (χ1v) is 9.89. The lowest BCUT2D eigenvalue weighted by Gasteiger charge is -2.13. The summed E-state index contributed by atoms with van der Waals surface area (Å²) < 4.78 is 16.1. The minimum absolute atomic E-state index is 0.0581. The van der Waals surface area contributed by atoms with Crippen LogP contribution in [0.4, 0.5) is 5.69 Å². The summed E-state index contributed by atoms with van der Waals surface area (Å²) in [5.41, 5.74) is 9.45. The van der Waals surface area contributed by atoms with Gasteiger partial charge in [0.1, 0.15) is 0 Å². The molecule has 2 rings (SSSR count). The molecule has 0 spiro atoms. The number of anilines is 1. The number of carbonyl (C=O) groups excluding carboxylic acids is 2. The monoisotopic (exact) mass is 444 g/mol. The number of rotatable bonds is 10. The zero-order chi connectivity index (χ0) is 22.6. The van der Waals surface area contributed by atoms with Crippen molar-refractivity contribution in [2.45, 2.75) is 13.8 Å². The molecule has 9 nitrogen and oxygen atoms in total. The number of hydrogen-bond donors (Lipinski definition) is 3. The maximum absolute atomic E-state index is 12.2. The number of hydrazone groups is 1. The summed E-state index contributed by atoms with van der Waals surface area (Å²) in [7, 11) is 0. The summed E-state index contributed by atoms with van der Waals surface area (Å²) in [5, 5.41) is 6.65. The van der Waals surface area contributed by atoms with E-state index in [4.69, 9.17) is 19.9 Å². The quantitative estimate of drug-likeness (QED) is 0.221. The number of thiocarbonyl (C=S) groups is 1. The zero-order valence-electron chi connectivity index (χ0n) is 17.2. The molecule has 0 unspecified atom stereocenters. The van der Waals surface area contributed by atoms with Crippen LogP contribution in [-0.2, 0) is 9.53 Å². The molecule has 2 aromatic carbocycles. The number of nitrogens with two attached hydrogens (primary N) is 1. The molecule has 0 fully saturated rings. The second-order valence-corrected chi connectivity index (χ2v) is 6.45. The number of esters is 1. The fourth-order valence-electron chi connectivity index (χ4n) is 2.41. The average molecular weight is 445 g/mol. The van der Waals surface area contributed by atoms with Gasteiger partial charge in [-0.1, -0.05) is 0 Å². The van der Waals surface area contributed by atoms with E-state index in [0.717, 1.165) is 5.56 Å². The van der Waals surface area contributed by atoms with Crippen LogP contribution >= 0.6 is 12.2 Å². The maximum Gasteiger partial charge on any atom is 0.338 e. The van der Waals surface area contributed by atoms with Crippen LogP contribution in [0.5, 0.6) is 11.5 Å². The van der Waals surface area contributed by atoms with Gasteiger partial charge < -0.3 is 25.3 Å². The summed E-state index contributed by atoms with van der Waals surface area (Å²) in [5.74, 6) is 0.0993. The van der Waals surface area contributed by atoms with E-state index in [1.807, 2.05) is 6.92 Å². The maximum atomic E-state index is 12.2. The molecule has 0 aromatic heterocycles. The van der Waals surface area contributed by atoms with Gasteiger partial charge >= 0.3 is 5.97 Å². The van der Waals surface area contributed by atoms with Gasteiger partial charge in [0.25, 0.3) is 5.91 Å². The highest BCUT2D eigenvalue weighted by atomic mass is 32.1. The van der Waals surface area contributed by atoms with Gasteiger partial charge in [-0.25, -0.2) is 4.79 Å². The van der Waals surface area contributed by atoms with Gasteiger partial charge in [-0.05, 0) is 74.1 Å². The predicted octanol–water partition coefficient (Wildman–Crippen LogP) is 2.45. The van der Waals surface area contributed by atoms with Gasteiger partial charge in [-0.2, -0.15) is 5.10 Å². The smallest absolute Gasteiger partial charge is 0.338 e. The third-order valence-corrected chi connectivity index (χ3v) is 3.79. The van der Waals surface area contributed by atoms with Crippen LogP contribution in [0.1, 0.15) is 29.8 Å². The molecule has 2 aromatic rings. The van der Waals surface area contributed by atoms with Crippen LogP contribution in [0.25, 0.3) is 0 Å². The molecule has 1 amide bonds. The number of nitrogens with zero attached hydrogens (tertiary/aromatic N) is 1. The molecule has 0 heterocycles. The number of carbonyl (C=O) groups is 2. The Morgan fingerprint density at radius 1 is 1.06 bits per heavy atom. The van der Waals surface area contributed by atoms with E-state index in [9.17, 15) is 9.59 Å². The molecule has 164 valence electrons. The highest BCUT2D eigenvalue weighted by Crippen LogP contribution is 2.28. The van der Waals surface area contributed by atoms with E-state index in [-0.39, 0.29) is 17.6 Å². The largest absolute Gasteiger partial charge is 0.490 e. The van der Waals surface area contributed by atoms with Gasteiger partial charge in [-0.15, -0.1) is 0 Å².